The largest absolute Gasteiger partial charge is 0.278 e. The van der Waals surface area contributed by atoms with Gasteiger partial charge in [-0.05, 0) is 53.5 Å². The molecule has 1 fully saturated rings. The maximum Gasteiger partial charge on any atom is 0.0735 e. The second-order valence-electron chi connectivity index (χ2n) is 10.9. The fourth-order valence-corrected chi connectivity index (χ4v) is 6.05. The van der Waals surface area contributed by atoms with E-state index in [2.05, 4.69) is 50.9 Å². The van der Waals surface area contributed by atoms with Crippen LogP contribution in [0.3, 0.4) is 0 Å². The van der Waals surface area contributed by atoms with Crippen LogP contribution in [0.4, 0.5) is 0 Å². The van der Waals surface area contributed by atoms with Gasteiger partial charge < -0.3 is 0 Å². The fraction of sp³-hybridized carbons (Fsp3) is 0.462. The van der Waals surface area contributed by atoms with Crippen LogP contribution in [0, 0.1) is 0 Å². The van der Waals surface area contributed by atoms with Crippen molar-refractivity contribution in [2.24, 2.45) is 7.05 Å². The predicted octanol–water partition coefficient (Wildman–Crippen LogP) is 7.45. The first-order valence-corrected chi connectivity index (χ1v) is 12.1. The summed E-state index contributed by atoms with van der Waals surface area (Å²) in [6.45, 7) is 11.1. The first kappa shape index (κ1) is 21.8. The predicted molar refractivity (Wildman–Crippen MR) is 134 cm³/mol. The topological polar surface area (TPSA) is 46.5 Å². The molecule has 0 spiro atoms. The van der Waals surface area contributed by atoms with E-state index in [1.54, 1.807) is 0 Å². The molecule has 1 saturated carbocycles. The molecule has 0 atom stereocenters. The molecule has 4 nitrogen and oxygen atoms in total. The van der Waals surface area contributed by atoms with Gasteiger partial charge in [-0.25, -0.2) is 0 Å². The van der Waals surface area contributed by atoms with Crippen LogP contribution in [0.2, 0.25) is 10.0 Å². The van der Waals surface area contributed by atoms with Gasteiger partial charge in [0, 0.05) is 45.8 Å². The molecule has 0 aliphatic heterocycles. The summed E-state index contributed by atoms with van der Waals surface area (Å²) in [5.74, 6) is 0.545. The van der Waals surface area contributed by atoms with Crippen LogP contribution in [0.1, 0.15) is 75.9 Å². The normalized spacial score (nSPS) is 15.2. The molecule has 2 heterocycles. The van der Waals surface area contributed by atoms with E-state index in [9.17, 15) is 0 Å². The molecule has 1 aliphatic rings. The van der Waals surface area contributed by atoms with Gasteiger partial charge in [-0.1, -0.05) is 57.8 Å². The number of aryl methyl sites for hydroxylation is 1. The third-order valence-corrected chi connectivity index (χ3v) is 7.37. The maximum absolute atomic E-state index is 6.85. The lowest BCUT2D eigenvalue weighted by atomic mass is 9.77. The summed E-state index contributed by atoms with van der Waals surface area (Å²) in [7, 11) is 2.01. The number of aromatic amines is 1. The molecule has 6 heteroatoms. The van der Waals surface area contributed by atoms with Gasteiger partial charge in [0.2, 0.25) is 0 Å². The molecule has 32 heavy (non-hydrogen) atoms. The van der Waals surface area contributed by atoms with Crippen LogP contribution in [0.15, 0.2) is 24.3 Å². The average molecular weight is 469 g/mol. The van der Waals surface area contributed by atoms with Gasteiger partial charge in [-0.15, -0.1) is 0 Å². The van der Waals surface area contributed by atoms with Gasteiger partial charge in [0.1, 0.15) is 0 Å². The van der Waals surface area contributed by atoms with E-state index in [0.717, 1.165) is 49.7 Å². The van der Waals surface area contributed by atoms with Crippen molar-refractivity contribution in [2.45, 2.75) is 70.6 Å². The molecule has 4 aromatic rings. The van der Waals surface area contributed by atoms with Crippen LogP contribution in [0.25, 0.3) is 21.8 Å². The van der Waals surface area contributed by atoms with Gasteiger partial charge in [-0.2, -0.15) is 10.2 Å². The minimum atomic E-state index is -0.229. The average Bonchev–Trinajstić information content (AvgIpc) is 3.37. The molecule has 0 unspecified atom stereocenters. The summed E-state index contributed by atoms with van der Waals surface area (Å²) in [6.07, 6.45) is 3.17. The lowest BCUT2D eigenvalue weighted by molar-refractivity contribution is 0.516. The van der Waals surface area contributed by atoms with E-state index >= 15 is 0 Å². The van der Waals surface area contributed by atoms with Crippen molar-refractivity contribution in [3.05, 3.63) is 56.8 Å². The van der Waals surface area contributed by atoms with Crippen molar-refractivity contribution in [1.29, 1.82) is 0 Å². The zero-order chi connectivity index (χ0) is 23.0. The number of fused-ring (bicyclic) bond motifs is 2. The summed E-state index contributed by atoms with van der Waals surface area (Å²) in [6, 6.07) is 8.16. The molecule has 0 amide bonds. The van der Waals surface area contributed by atoms with E-state index in [0.29, 0.717) is 5.92 Å². The SMILES string of the molecule is Cn1nc(CC(C)(C)c2c(Cl)ccc3[nH]nc(C4CC4)c23)c2ccc(Cl)c(C(C)(C)C)c21. The van der Waals surface area contributed by atoms with Crippen molar-refractivity contribution in [2.75, 3.05) is 0 Å². The number of H-pyrrole nitrogens is 1. The van der Waals surface area contributed by atoms with Crippen molar-refractivity contribution in [3.63, 3.8) is 0 Å². The van der Waals surface area contributed by atoms with E-state index in [1.165, 1.54) is 23.9 Å². The second kappa shape index (κ2) is 7.23. The molecule has 168 valence electrons. The number of rotatable bonds is 4. The van der Waals surface area contributed by atoms with Gasteiger partial charge in [0.15, 0.2) is 0 Å². The van der Waals surface area contributed by atoms with Crippen LogP contribution in [0.5, 0.6) is 0 Å². The van der Waals surface area contributed by atoms with Crippen LogP contribution < -0.4 is 0 Å². The molecule has 5 rings (SSSR count). The Morgan fingerprint density at radius 3 is 2.31 bits per heavy atom. The molecule has 0 bridgehead atoms. The smallest absolute Gasteiger partial charge is 0.0735 e. The second-order valence-corrected chi connectivity index (χ2v) is 11.7. The van der Waals surface area contributed by atoms with Crippen molar-refractivity contribution in [3.8, 4) is 0 Å². The Labute approximate surface area is 199 Å². The Bertz CT molecular complexity index is 1350. The molecule has 1 aliphatic carbocycles. The van der Waals surface area contributed by atoms with Gasteiger partial charge in [-0.3, -0.25) is 9.78 Å². The highest BCUT2D eigenvalue weighted by atomic mass is 35.5. The van der Waals surface area contributed by atoms with Crippen molar-refractivity contribution >= 4 is 45.0 Å². The number of nitrogens with zero attached hydrogens (tertiary/aromatic N) is 3. The lowest BCUT2D eigenvalue weighted by Crippen LogP contribution is -2.22. The molecule has 0 saturated heterocycles. The van der Waals surface area contributed by atoms with Gasteiger partial charge >= 0.3 is 0 Å². The standard InChI is InChI=1S/C26H30Cl2N4/c1-25(2,3)22-17(28)10-9-15-19(31-32(6)24(15)22)13-26(4,5)21-16(27)11-12-18-20(21)23(30-29-18)14-7-8-14/h9-12,14H,7-8,13H2,1-6H3,(H,29,30). The summed E-state index contributed by atoms with van der Waals surface area (Å²) < 4.78 is 1.99. The Hall–Kier alpha value is -2.04. The Morgan fingerprint density at radius 2 is 1.66 bits per heavy atom. The molecular formula is C26H30Cl2N4. The number of aromatic nitrogens is 4. The summed E-state index contributed by atoms with van der Waals surface area (Å²) in [5, 5.41) is 16.8. The maximum atomic E-state index is 6.85. The number of benzene rings is 2. The van der Waals surface area contributed by atoms with E-state index in [4.69, 9.17) is 28.3 Å². The monoisotopic (exact) mass is 468 g/mol. The Balaban J connectivity index is 1.67. The van der Waals surface area contributed by atoms with Crippen LogP contribution in [-0.2, 0) is 24.3 Å². The zero-order valence-corrected chi connectivity index (χ0v) is 21.1. The van der Waals surface area contributed by atoms with Crippen molar-refractivity contribution < 1.29 is 0 Å². The summed E-state index contributed by atoms with van der Waals surface area (Å²) in [5.41, 5.74) is 6.40. The molecule has 0 radical (unpaired) electrons. The summed E-state index contributed by atoms with van der Waals surface area (Å²) >= 11 is 13.5. The highest BCUT2D eigenvalue weighted by Crippen LogP contribution is 2.47. The Kier molecular flexibility index (Phi) is 4.92. The molecule has 2 aromatic heterocycles. The molecule has 1 N–H and O–H groups in total. The highest BCUT2D eigenvalue weighted by Gasteiger charge is 2.35. The van der Waals surface area contributed by atoms with Gasteiger partial charge in [0.25, 0.3) is 0 Å². The highest BCUT2D eigenvalue weighted by molar-refractivity contribution is 6.33. The molecule has 2 aromatic carbocycles. The minimum Gasteiger partial charge on any atom is -0.278 e. The van der Waals surface area contributed by atoms with E-state index in [1.807, 2.05) is 29.9 Å². The lowest BCUT2D eigenvalue weighted by Gasteiger charge is -2.27. The molecular weight excluding hydrogens is 439 g/mol. The minimum absolute atomic E-state index is 0.0813. The number of halogens is 2. The third-order valence-electron chi connectivity index (χ3n) is 6.74. The van der Waals surface area contributed by atoms with E-state index < -0.39 is 0 Å². The fourth-order valence-electron chi connectivity index (χ4n) is 5.20. The van der Waals surface area contributed by atoms with Gasteiger partial charge in [0.05, 0.1) is 22.4 Å². The quantitative estimate of drug-likeness (QED) is 0.337. The van der Waals surface area contributed by atoms with Crippen LogP contribution in [-0.4, -0.2) is 20.0 Å². The first-order chi connectivity index (χ1) is 15.0. The first-order valence-electron chi connectivity index (χ1n) is 11.3. The zero-order valence-electron chi connectivity index (χ0n) is 19.6. The van der Waals surface area contributed by atoms with E-state index in [-0.39, 0.29) is 10.8 Å². The number of nitrogens with one attached hydrogen (secondary N) is 1. The number of hydrogen-bond acceptors (Lipinski definition) is 2. The van der Waals surface area contributed by atoms with Crippen LogP contribution >= 0.6 is 23.2 Å². The van der Waals surface area contributed by atoms with Crippen molar-refractivity contribution in [1.82, 2.24) is 20.0 Å². The Morgan fingerprint density at radius 1 is 1.00 bits per heavy atom. The summed E-state index contributed by atoms with van der Waals surface area (Å²) in [4.78, 5) is 0. The third kappa shape index (κ3) is 3.43. The number of hydrogen-bond donors (Lipinski definition) is 1.